The molecule has 0 saturated carbocycles. The second-order valence-corrected chi connectivity index (χ2v) is 3.62. The maximum absolute atomic E-state index is 9.26. The Morgan fingerprint density at radius 2 is 0.900 bits per heavy atom. The minimum Gasteiger partial charge on any atom is -0.870 e. The molecule has 0 spiro atoms. The Hall–Kier alpha value is -1.95. The Labute approximate surface area is 206 Å². The number of hydrogen-bond acceptors (Lipinski definition) is 8. The summed E-state index contributed by atoms with van der Waals surface area (Å²) in [6.45, 7) is 3.07. The van der Waals surface area contributed by atoms with Crippen LogP contribution in [0.15, 0.2) is 55.4 Å². The molecule has 0 unspecified atom stereocenters. The van der Waals surface area contributed by atoms with Gasteiger partial charge in [0.05, 0.1) is 0 Å². The Kier molecular flexibility index (Phi) is 64.0. The first-order valence-corrected chi connectivity index (χ1v) is 7.09. The van der Waals surface area contributed by atoms with E-state index < -0.39 is 11.9 Å². The number of hydrogen-bond donors (Lipinski definition) is 0. The summed E-state index contributed by atoms with van der Waals surface area (Å²) < 4.78 is 0. The summed E-state index contributed by atoms with van der Waals surface area (Å²) in [6.07, 6.45) is 10.1. The molecular weight excluding hydrogens is 551 g/mol. The molecule has 0 bridgehead atoms. The van der Waals surface area contributed by atoms with E-state index in [1.54, 1.807) is 55.4 Å². The van der Waals surface area contributed by atoms with Crippen molar-refractivity contribution in [3.8, 4) is 0 Å². The fourth-order valence-corrected chi connectivity index (χ4v) is 0.577. The zero-order valence-electron chi connectivity index (χ0n) is 15.9. The van der Waals surface area contributed by atoms with Crippen molar-refractivity contribution in [2.45, 2.75) is 26.7 Å². The molecule has 3 heterocycles. The number of carbonyl (C=O) groups excluding carboxylic acids is 2. The Morgan fingerprint density at radius 1 is 0.700 bits per heavy atom. The third-order valence-corrected chi connectivity index (χ3v) is 1.69. The van der Waals surface area contributed by atoms with E-state index in [2.05, 4.69) is 30.6 Å². The van der Waals surface area contributed by atoms with Crippen molar-refractivity contribution in [2.24, 2.45) is 0 Å². The predicted molar refractivity (Wildman–Crippen MR) is 90.1 cm³/mol. The first-order chi connectivity index (χ1) is 12.0. The van der Waals surface area contributed by atoms with Gasteiger partial charge in [0.25, 0.3) is 0 Å². The maximum Gasteiger partial charge on any atom is 2.00 e. The van der Waals surface area contributed by atoms with Gasteiger partial charge in [0.15, 0.2) is 0 Å². The Bertz CT molecular complexity index is 458. The minimum atomic E-state index is -0.995. The van der Waals surface area contributed by atoms with E-state index >= 15 is 0 Å². The molecule has 3 aromatic heterocycles. The summed E-state index contributed by atoms with van der Waals surface area (Å²) in [5, 5.41) is 39.3. The number of nitrogens with zero attached hydrogens (tertiary/aromatic N) is 6. The van der Waals surface area contributed by atoms with Crippen LogP contribution in [0.3, 0.4) is 0 Å². The SMILES string of the molecule is CCC(=O)[O-].CCC(=O)[O-].[Cu+2].[Cu+2].[Cu+2].[OH-].[OH3+].c1cn[n-]c1.c1cn[n-]c1.c1cn[n-]c1. The van der Waals surface area contributed by atoms with Crippen LogP contribution in [0, 0.1) is 0 Å². The van der Waals surface area contributed by atoms with Crippen molar-refractivity contribution in [1.29, 1.82) is 0 Å². The number of aliphatic carboxylic acids is 2. The van der Waals surface area contributed by atoms with Crippen molar-refractivity contribution in [2.75, 3.05) is 0 Å². The zero-order valence-corrected chi connectivity index (χ0v) is 18.7. The van der Waals surface area contributed by atoms with Crippen LogP contribution >= 0.6 is 0 Å². The van der Waals surface area contributed by atoms with E-state index in [4.69, 9.17) is 0 Å². The minimum absolute atomic E-state index is 0. The van der Waals surface area contributed by atoms with Gasteiger partial charge in [-0.3, -0.25) is 0 Å². The molecule has 30 heavy (non-hydrogen) atoms. The summed E-state index contributed by atoms with van der Waals surface area (Å²) in [7, 11) is 0. The average Bonchev–Trinajstić information content (AvgIpc) is 3.43. The van der Waals surface area contributed by atoms with Gasteiger partial charge in [0, 0.05) is 30.5 Å². The van der Waals surface area contributed by atoms with Crippen molar-refractivity contribution >= 4 is 11.9 Å². The third kappa shape index (κ3) is 56.2. The number of rotatable bonds is 2. The predicted octanol–water partition coefficient (Wildman–Crippen LogP) is -2.70. The average molecular weight is 574 g/mol. The van der Waals surface area contributed by atoms with E-state index in [9.17, 15) is 19.8 Å². The first-order valence-electron chi connectivity index (χ1n) is 7.09. The van der Waals surface area contributed by atoms with Gasteiger partial charge in [-0.15, -0.1) is 0 Å². The monoisotopic (exact) mass is 572 g/mol. The van der Waals surface area contributed by atoms with Crippen LogP contribution in [0.4, 0.5) is 0 Å². The molecule has 3 aromatic rings. The third-order valence-electron chi connectivity index (χ3n) is 1.69. The van der Waals surface area contributed by atoms with E-state index in [-0.39, 0.29) is 75.0 Å². The van der Waals surface area contributed by atoms with Gasteiger partial charge < -0.3 is 61.3 Å². The Balaban J connectivity index is -0.0000000423. The quantitative estimate of drug-likeness (QED) is 0.226. The molecule has 0 amide bonds. The number of aromatic nitrogens is 6. The van der Waals surface area contributed by atoms with E-state index in [1.165, 1.54) is 13.8 Å². The molecule has 0 aliphatic carbocycles. The molecule has 4 N–H and O–H groups in total. The smallest absolute Gasteiger partial charge is 0.870 e. The van der Waals surface area contributed by atoms with Crippen LogP contribution in [0.25, 0.3) is 0 Å². The van der Waals surface area contributed by atoms with E-state index in [0.29, 0.717) is 0 Å². The van der Waals surface area contributed by atoms with E-state index in [1.807, 2.05) is 0 Å². The van der Waals surface area contributed by atoms with Crippen molar-refractivity contribution in [3.63, 3.8) is 0 Å². The number of carboxylic acids is 2. The standard InChI is InChI=1S/3C3H3N2.2C3H6O2.3Cu.2H2O/c3*1-2-4-5-3-1;2*1-2-3(4)5;;;;;/h3*1-3H;2*2H2,1H3,(H,4,5);;;;2*1H2/q3*-1;;;3*+2;;/p-2. The summed E-state index contributed by atoms with van der Waals surface area (Å²) in [4.78, 5) is 18.5. The van der Waals surface area contributed by atoms with Gasteiger partial charge in [0.1, 0.15) is 0 Å². The largest absolute Gasteiger partial charge is 2.00 e. The summed E-state index contributed by atoms with van der Waals surface area (Å²) in [5.41, 5.74) is 0. The molecule has 0 aliphatic heterocycles. The van der Waals surface area contributed by atoms with Gasteiger partial charge in [-0.1, -0.05) is 32.0 Å². The van der Waals surface area contributed by atoms with Gasteiger partial charge in [-0.25, -0.2) is 0 Å². The fraction of sp³-hybridized carbons (Fsp3) is 0.267. The second kappa shape index (κ2) is 41.4. The molecule has 0 atom stereocenters. The first kappa shape index (κ1) is 46.3. The van der Waals surface area contributed by atoms with Crippen LogP contribution in [-0.2, 0) is 66.3 Å². The number of carbonyl (C=O) groups is 2. The van der Waals surface area contributed by atoms with Gasteiger partial charge in [-0.2, -0.15) is 18.6 Å². The van der Waals surface area contributed by atoms with Crippen molar-refractivity contribution in [3.05, 3.63) is 55.4 Å². The fourth-order valence-electron chi connectivity index (χ4n) is 0.577. The van der Waals surface area contributed by atoms with Gasteiger partial charge in [-0.05, 0) is 12.8 Å². The molecule has 0 aliphatic rings. The van der Waals surface area contributed by atoms with Crippen LogP contribution in [-0.4, -0.2) is 32.7 Å². The molecule has 12 nitrogen and oxygen atoms in total. The van der Waals surface area contributed by atoms with Gasteiger partial charge in [0.2, 0.25) is 0 Å². The topological polar surface area (TPSA) is 224 Å². The normalized spacial score (nSPS) is 6.47. The van der Waals surface area contributed by atoms with Crippen LogP contribution in [0.2, 0.25) is 0 Å². The maximum atomic E-state index is 9.26. The molecular formula is C15H23Cu3N6O6+. The van der Waals surface area contributed by atoms with Gasteiger partial charge >= 0.3 is 51.2 Å². The van der Waals surface area contributed by atoms with Crippen molar-refractivity contribution < 1.29 is 82.0 Å². The van der Waals surface area contributed by atoms with Crippen molar-refractivity contribution in [1.82, 2.24) is 30.6 Å². The Morgan fingerprint density at radius 3 is 0.933 bits per heavy atom. The molecule has 3 radical (unpaired) electrons. The number of carboxylic acid groups (broad SMARTS) is 2. The molecule has 3 rings (SSSR count). The van der Waals surface area contributed by atoms with E-state index in [0.717, 1.165) is 0 Å². The summed E-state index contributed by atoms with van der Waals surface area (Å²) in [5.74, 6) is -1.99. The molecule has 0 aromatic carbocycles. The summed E-state index contributed by atoms with van der Waals surface area (Å²) in [6, 6.07) is 5.33. The molecule has 181 valence electrons. The van der Waals surface area contributed by atoms with Crippen LogP contribution in [0.5, 0.6) is 0 Å². The summed E-state index contributed by atoms with van der Waals surface area (Å²) >= 11 is 0. The second-order valence-electron chi connectivity index (χ2n) is 3.62. The van der Waals surface area contributed by atoms with Crippen LogP contribution < -0.4 is 25.5 Å². The molecule has 15 heteroatoms. The molecule has 0 saturated heterocycles. The molecule has 0 fully saturated rings. The van der Waals surface area contributed by atoms with Crippen LogP contribution in [0.1, 0.15) is 26.7 Å². The zero-order chi connectivity index (χ0) is 19.2.